The molecule has 10 heteroatoms. The van der Waals surface area contributed by atoms with E-state index in [-0.39, 0.29) is 17.0 Å². The van der Waals surface area contributed by atoms with Crippen molar-refractivity contribution >= 4 is 39.2 Å². The molecule has 3 aromatic rings. The Morgan fingerprint density at radius 1 is 0.970 bits per heavy atom. The van der Waals surface area contributed by atoms with Crippen LogP contribution in [0, 0.1) is 0 Å². The Balaban J connectivity index is 1.33. The number of hydrogen-bond donors (Lipinski definition) is 3. The second-order valence-corrected chi connectivity index (χ2v) is 9.35. The summed E-state index contributed by atoms with van der Waals surface area (Å²) in [4.78, 5) is 24.4. The lowest BCUT2D eigenvalue weighted by Crippen LogP contribution is -2.38. The number of nitrogens with one attached hydrogen (secondary N) is 3. The molecular formula is C23H20ClN3O5S. The molecule has 33 heavy (non-hydrogen) atoms. The lowest BCUT2D eigenvalue weighted by molar-refractivity contribution is -0.124. The van der Waals surface area contributed by atoms with E-state index in [4.69, 9.17) is 16.3 Å². The number of carbonyl (C=O) groups is 2. The van der Waals surface area contributed by atoms with E-state index in [2.05, 4.69) is 15.4 Å². The summed E-state index contributed by atoms with van der Waals surface area (Å²) in [5.74, 6) is -1.13. The smallest absolute Gasteiger partial charge is 0.338 e. The van der Waals surface area contributed by atoms with Crippen LogP contribution in [0.2, 0.25) is 5.02 Å². The predicted octanol–water partition coefficient (Wildman–Crippen LogP) is 3.22. The van der Waals surface area contributed by atoms with Crippen LogP contribution in [0.1, 0.15) is 27.7 Å². The van der Waals surface area contributed by atoms with Crippen molar-refractivity contribution in [3.63, 3.8) is 0 Å². The van der Waals surface area contributed by atoms with Gasteiger partial charge in [0.25, 0.3) is 5.91 Å². The molecule has 170 valence electrons. The van der Waals surface area contributed by atoms with E-state index in [1.807, 2.05) is 6.07 Å². The van der Waals surface area contributed by atoms with Gasteiger partial charge in [-0.15, -0.1) is 0 Å². The summed E-state index contributed by atoms with van der Waals surface area (Å²) in [5, 5.41) is 6.30. The zero-order valence-corrected chi connectivity index (χ0v) is 18.8. The molecule has 1 aliphatic heterocycles. The molecule has 0 bridgehead atoms. The lowest BCUT2D eigenvalue weighted by atomic mass is 10.1. The third-order valence-corrected chi connectivity index (χ3v) is 6.85. The summed E-state index contributed by atoms with van der Waals surface area (Å²) < 4.78 is 32.6. The summed E-state index contributed by atoms with van der Waals surface area (Å²) in [6, 6.07) is 20.0. The fourth-order valence-corrected chi connectivity index (χ4v) is 4.80. The van der Waals surface area contributed by atoms with E-state index >= 15 is 0 Å². The number of esters is 1. The van der Waals surface area contributed by atoms with Gasteiger partial charge in [-0.3, -0.25) is 4.79 Å². The van der Waals surface area contributed by atoms with E-state index in [1.165, 1.54) is 18.2 Å². The Labute approximate surface area is 196 Å². The van der Waals surface area contributed by atoms with Crippen LogP contribution >= 0.6 is 11.6 Å². The molecule has 1 heterocycles. The maximum atomic E-state index is 12.5. The molecule has 0 aliphatic carbocycles. The number of carbonyl (C=O) groups excluding carboxylic acids is 2. The molecule has 0 unspecified atom stereocenters. The molecule has 1 amide bonds. The van der Waals surface area contributed by atoms with Gasteiger partial charge in [0, 0.05) is 11.6 Å². The van der Waals surface area contributed by atoms with Gasteiger partial charge < -0.3 is 15.4 Å². The van der Waals surface area contributed by atoms with Crippen molar-refractivity contribution in [3.8, 4) is 0 Å². The molecule has 0 aromatic heterocycles. The van der Waals surface area contributed by atoms with E-state index in [0.29, 0.717) is 16.3 Å². The predicted molar refractivity (Wildman–Crippen MR) is 123 cm³/mol. The Morgan fingerprint density at radius 2 is 1.67 bits per heavy atom. The third-order valence-electron chi connectivity index (χ3n) is 5.00. The van der Waals surface area contributed by atoms with Gasteiger partial charge in [-0.25, -0.2) is 13.2 Å². The summed E-state index contributed by atoms with van der Waals surface area (Å²) in [6.07, 6.45) is -0.689. The van der Waals surface area contributed by atoms with Gasteiger partial charge in [-0.1, -0.05) is 54.1 Å². The number of sulfonamides is 1. The van der Waals surface area contributed by atoms with Crippen molar-refractivity contribution in [2.75, 3.05) is 11.9 Å². The zero-order valence-electron chi connectivity index (χ0n) is 17.2. The van der Waals surface area contributed by atoms with Crippen LogP contribution in [-0.4, -0.2) is 26.9 Å². The first-order valence-corrected chi connectivity index (χ1v) is 11.8. The topological polar surface area (TPSA) is 114 Å². The summed E-state index contributed by atoms with van der Waals surface area (Å²) in [5.41, 5.74) is 2.09. The summed E-state index contributed by atoms with van der Waals surface area (Å²) in [7, 11) is -3.67. The van der Waals surface area contributed by atoms with Crippen LogP contribution in [0.5, 0.6) is 0 Å². The number of para-hydroxylation sites is 1. The quantitative estimate of drug-likeness (QED) is 0.462. The summed E-state index contributed by atoms with van der Waals surface area (Å²) >= 11 is 6.05. The highest BCUT2D eigenvalue weighted by Gasteiger charge is 2.29. The largest absolute Gasteiger partial charge is 0.452 e. The molecule has 0 fully saturated rings. The molecule has 1 aliphatic rings. The Hall–Kier alpha value is -3.40. The van der Waals surface area contributed by atoms with Crippen LogP contribution in [0.25, 0.3) is 0 Å². The molecule has 0 saturated carbocycles. The second kappa shape index (κ2) is 9.62. The normalized spacial score (nSPS) is 16.2. The van der Waals surface area contributed by atoms with Crippen molar-refractivity contribution in [3.05, 3.63) is 94.5 Å². The minimum Gasteiger partial charge on any atom is -0.452 e. The molecule has 4 rings (SSSR count). The van der Waals surface area contributed by atoms with Gasteiger partial charge in [0.15, 0.2) is 6.61 Å². The van der Waals surface area contributed by atoms with Crippen molar-refractivity contribution in [2.45, 2.75) is 17.6 Å². The summed E-state index contributed by atoms with van der Waals surface area (Å²) in [6.45, 7) is -0.218. The minimum absolute atomic E-state index is 0.175. The number of fused-ring (bicyclic) bond motifs is 1. The maximum Gasteiger partial charge on any atom is 0.338 e. The number of halogens is 1. The Kier molecular flexibility index (Phi) is 6.64. The van der Waals surface area contributed by atoms with Crippen LogP contribution < -0.4 is 15.4 Å². The number of amides is 1. The Morgan fingerprint density at radius 3 is 2.42 bits per heavy atom. The SMILES string of the molecule is O=C(COC(=O)c1ccc([C@H]2Nc3ccccc3S(=O)(=O)N2)cc1)NCc1ccccc1Cl. The average molecular weight is 486 g/mol. The zero-order chi connectivity index (χ0) is 23.4. The third kappa shape index (κ3) is 5.33. The number of benzene rings is 3. The van der Waals surface area contributed by atoms with Gasteiger partial charge in [0.05, 0.1) is 11.3 Å². The first-order chi connectivity index (χ1) is 15.8. The van der Waals surface area contributed by atoms with Crippen LogP contribution in [-0.2, 0) is 26.1 Å². The van der Waals surface area contributed by atoms with E-state index in [9.17, 15) is 18.0 Å². The number of rotatable bonds is 6. The van der Waals surface area contributed by atoms with E-state index in [0.717, 1.165) is 5.56 Å². The first-order valence-electron chi connectivity index (χ1n) is 9.98. The number of ether oxygens (including phenoxy) is 1. The van der Waals surface area contributed by atoms with Gasteiger partial charge in [-0.2, -0.15) is 4.72 Å². The molecule has 1 atom stereocenters. The number of hydrogen-bond acceptors (Lipinski definition) is 6. The molecular weight excluding hydrogens is 466 g/mol. The van der Waals surface area contributed by atoms with E-state index in [1.54, 1.807) is 48.5 Å². The maximum absolute atomic E-state index is 12.5. The van der Waals surface area contributed by atoms with Crippen molar-refractivity contribution in [2.24, 2.45) is 0 Å². The lowest BCUT2D eigenvalue weighted by Gasteiger charge is -2.28. The molecule has 3 aromatic carbocycles. The van der Waals surface area contributed by atoms with Gasteiger partial charge in [-0.05, 0) is 41.5 Å². The standard InChI is InChI=1S/C23H20ClN3O5S/c24-18-6-2-1-5-17(18)13-25-21(28)14-32-23(29)16-11-9-15(10-12-16)22-26-19-7-3-4-8-20(19)33(30,31)27-22/h1-12,22,26-27H,13-14H2,(H,25,28)/t22-/m0/s1. The fourth-order valence-electron chi connectivity index (χ4n) is 3.29. The van der Waals surface area contributed by atoms with Crippen molar-refractivity contribution < 1.29 is 22.7 Å². The highest BCUT2D eigenvalue weighted by Crippen LogP contribution is 2.30. The Bertz CT molecular complexity index is 1300. The molecule has 0 spiro atoms. The van der Waals surface area contributed by atoms with E-state index < -0.39 is 34.7 Å². The second-order valence-electron chi connectivity index (χ2n) is 7.26. The molecule has 8 nitrogen and oxygen atoms in total. The number of anilines is 1. The van der Waals surface area contributed by atoms with Crippen molar-refractivity contribution in [1.82, 2.24) is 10.0 Å². The van der Waals surface area contributed by atoms with Gasteiger partial charge in [0.1, 0.15) is 11.1 Å². The monoisotopic (exact) mass is 485 g/mol. The highest BCUT2D eigenvalue weighted by atomic mass is 35.5. The van der Waals surface area contributed by atoms with Gasteiger partial charge >= 0.3 is 5.97 Å². The first kappa shape index (κ1) is 22.8. The highest BCUT2D eigenvalue weighted by molar-refractivity contribution is 7.89. The van der Waals surface area contributed by atoms with Crippen LogP contribution in [0.3, 0.4) is 0 Å². The minimum atomic E-state index is -3.67. The molecule has 0 radical (unpaired) electrons. The average Bonchev–Trinajstić information content (AvgIpc) is 2.81. The van der Waals surface area contributed by atoms with Crippen LogP contribution in [0.4, 0.5) is 5.69 Å². The fraction of sp³-hybridized carbons (Fsp3) is 0.130. The molecule has 0 saturated heterocycles. The van der Waals surface area contributed by atoms with Gasteiger partial charge in [0.2, 0.25) is 10.0 Å². The van der Waals surface area contributed by atoms with Crippen molar-refractivity contribution in [1.29, 1.82) is 0 Å². The molecule has 3 N–H and O–H groups in total. The van der Waals surface area contributed by atoms with Crippen LogP contribution in [0.15, 0.2) is 77.7 Å².